The van der Waals surface area contributed by atoms with Crippen LogP contribution in [0.4, 0.5) is 4.39 Å². The maximum Gasteiger partial charge on any atom is 0.336 e. The van der Waals surface area contributed by atoms with Gasteiger partial charge in [0.05, 0.1) is 5.56 Å². The summed E-state index contributed by atoms with van der Waals surface area (Å²) in [6.45, 7) is 4.41. The topological polar surface area (TPSA) is 37.3 Å². The SMILES string of the molecule is CCCCCCC(F)=Cc1ccc(-c2cc(C3CCC(CCC)CC3)ccc2C(=O)O)cc1. The lowest BCUT2D eigenvalue weighted by Crippen LogP contribution is -2.13. The molecule has 0 aromatic heterocycles. The van der Waals surface area contributed by atoms with E-state index in [1.165, 1.54) is 44.1 Å². The summed E-state index contributed by atoms with van der Waals surface area (Å²) in [6, 6.07) is 13.4. The zero-order chi connectivity index (χ0) is 23.6. The average molecular weight is 451 g/mol. The fourth-order valence-corrected chi connectivity index (χ4v) is 5.17. The number of carboxylic acid groups (broad SMARTS) is 1. The van der Waals surface area contributed by atoms with Crippen molar-refractivity contribution in [1.29, 1.82) is 0 Å². The Kier molecular flexibility index (Phi) is 9.72. The monoisotopic (exact) mass is 450 g/mol. The number of rotatable bonds is 11. The van der Waals surface area contributed by atoms with Crippen molar-refractivity contribution in [3.63, 3.8) is 0 Å². The first-order valence-electron chi connectivity index (χ1n) is 12.9. The van der Waals surface area contributed by atoms with Crippen molar-refractivity contribution >= 4 is 12.0 Å². The first-order valence-corrected chi connectivity index (χ1v) is 12.9. The fraction of sp³-hybridized carbons (Fsp3) is 0.500. The molecule has 0 radical (unpaired) electrons. The highest BCUT2D eigenvalue weighted by atomic mass is 19.1. The normalized spacial score (nSPS) is 18.9. The minimum absolute atomic E-state index is 0.0919. The zero-order valence-electron chi connectivity index (χ0n) is 20.3. The molecule has 1 fully saturated rings. The Hall–Kier alpha value is -2.42. The van der Waals surface area contributed by atoms with E-state index in [0.29, 0.717) is 17.9 Å². The Labute approximate surface area is 198 Å². The molecule has 3 heteroatoms. The summed E-state index contributed by atoms with van der Waals surface area (Å²) in [5.74, 6) is 0.344. The van der Waals surface area contributed by atoms with E-state index in [9.17, 15) is 14.3 Å². The Morgan fingerprint density at radius 1 is 0.970 bits per heavy atom. The number of halogens is 1. The van der Waals surface area contributed by atoms with Crippen LogP contribution in [0, 0.1) is 5.92 Å². The van der Waals surface area contributed by atoms with E-state index in [4.69, 9.17) is 0 Å². The third-order valence-electron chi connectivity index (χ3n) is 7.10. The summed E-state index contributed by atoms with van der Waals surface area (Å²) in [6.07, 6.45) is 13.8. The standard InChI is InChI=1S/C30H39FO2/c1-3-5-6-7-9-27(31)20-23-12-16-25(17-13-23)29-21-26(18-19-28(29)30(32)33)24-14-10-22(8-4-2)11-15-24/h12-13,16-22,24H,3-11,14-15H2,1-2H3,(H,32,33). The Balaban J connectivity index is 1.76. The molecule has 1 saturated carbocycles. The molecule has 178 valence electrons. The van der Waals surface area contributed by atoms with Crippen molar-refractivity contribution in [2.75, 3.05) is 0 Å². The fourth-order valence-electron chi connectivity index (χ4n) is 5.17. The van der Waals surface area contributed by atoms with Crippen molar-refractivity contribution in [2.45, 2.75) is 90.4 Å². The van der Waals surface area contributed by atoms with Gasteiger partial charge in [-0.25, -0.2) is 9.18 Å². The van der Waals surface area contributed by atoms with E-state index in [-0.39, 0.29) is 5.83 Å². The van der Waals surface area contributed by atoms with Crippen LogP contribution < -0.4 is 0 Å². The number of hydrogen-bond donors (Lipinski definition) is 1. The lowest BCUT2D eigenvalue weighted by Gasteiger charge is -2.29. The van der Waals surface area contributed by atoms with Gasteiger partial charge in [0.25, 0.3) is 0 Å². The quantitative estimate of drug-likeness (QED) is 0.346. The van der Waals surface area contributed by atoms with Crippen LogP contribution in [-0.2, 0) is 0 Å². The Morgan fingerprint density at radius 3 is 2.33 bits per heavy atom. The van der Waals surface area contributed by atoms with E-state index in [2.05, 4.69) is 19.9 Å². The summed E-state index contributed by atoms with van der Waals surface area (Å²) in [4.78, 5) is 11.9. The molecule has 2 nitrogen and oxygen atoms in total. The number of unbranched alkanes of at least 4 members (excludes halogenated alkanes) is 3. The van der Waals surface area contributed by atoms with Crippen LogP contribution in [0.5, 0.6) is 0 Å². The number of carbonyl (C=O) groups is 1. The minimum Gasteiger partial charge on any atom is -0.478 e. The second-order valence-electron chi connectivity index (χ2n) is 9.64. The second kappa shape index (κ2) is 12.7. The van der Waals surface area contributed by atoms with Crippen LogP contribution >= 0.6 is 0 Å². The highest BCUT2D eigenvalue weighted by Gasteiger charge is 2.23. The van der Waals surface area contributed by atoms with Gasteiger partial charge in [0.1, 0.15) is 5.83 Å². The van der Waals surface area contributed by atoms with Gasteiger partial charge in [-0.1, -0.05) is 82.3 Å². The molecule has 33 heavy (non-hydrogen) atoms. The summed E-state index contributed by atoms with van der Waals surface area (Å²) in [7, 11) is 0. The summed E-state index contributed by atoms with van der Waals surface area (Å²) >= 11 is 0. The van der Waals surface area contributed by atoms with Gasteiger partial charge in [0.2, 0.25) is 0 Å². The second-order valence-corrected chi connectivity index (χ2v) is 9.64. The molecule has 2 aromatic rings. The van der Waals surface area contributed by atoms with Gasteiger partial charge >= 0.3 is 5.97 Å². The number of hydrogen-bond acceptors (Lipinski definition) is 1. The van der Waals surface area contributed by atoms with E-state index < -0.39 is 5.97 Å². The summed E-state index contributed by atoms with van der Waals surface area (Å²) in [5, 5.41) is 9.76. The van der Waals surface area contributed by atoms with E-state index >= 15 is 0 Å². The number of aromatic carboxylic acids is 1. The molecule has 0 amide bonds. The van der Waals surface area contributed by atoms with Gasteiger partial charge < -0.3 is 5.11 Å². The summed E-state index contributed by atoms with van der Waals surface area (Å²) < 4.78 is 14.2. The molecule has 1 aliphatic rings. The van der Waals surface area contributed by atoms with Crippen LogP contribution in [0.1, 0.15) is 112 Å². The van der Waals surface area contributed by atoms with Crippen LogP contribution in [0.25, 0.3) is 17.2 Å². The molecule has 2 aromatic carbocycles. The van der Waals surface area contributed by atoms with Crippen molar-refractivity contribution in [3.05, 3.63) is 65.0 Å². The Bertz CT molecular complexity index is 921. The van der Waals surface area contributed by atoms with Crippen molar-refractivity contribution in [2.24, 2.45) is 5.92 Å². The molecule has 0 unspecified atom stereocenters. The number of benzene rings is 2. The number of carboxylic acids is 1. The predicted molar refractivity (Wildman–Crippen MR) is 136 cm³/mol. The van der Waals surface area contributed by atoms with Crippen molar-refractivity contribution < 1.29 is 14.3 Å². The molecule has 0 spiro atoms. The predicted octanol–water partition coefficient (Wildman–Crippen LogP) is 9.41. The van der Waals surface area contributed by atoms with E-state index in [0.717, 1.165) is 48.3 Å². The first kappa shape index (κ1) is 25.2. The van der Waals surface area contributed by atoms with Gasteiger partial charge in [0.15, 0.2) is 0 Å². The lowest BCUT2D eigenvalue weighted by molar-refractivity contribution is 0.0697. The lowest BCUT2D eigenvalue weighted by atomic mass is 9.76. The molecule has 0 atom stereocenters. The third kappa shape index (κ3) is 7.28. The summed E-state index contributed by atoms with van der Waals surface area (Å²) in [5.41, 5.74) is 4.01. The van der Waals surface area contributed by atoms with Crippen LogP contribution in [-0.4, -0.2) is 11.1 Å². The zero-order valence-corrected chi connectivity index (χ0v) is 20.3. The molecule has 0 bridgehead atoms. The molecule has 3 rings (SSSR count). The van der Waals surface area contributed by atoms with E-state index in [1.54, 1.807) is 12.1 Å². The van der Waals surface area contributed by atoms with Crippen LogP contribution in [0.3, 0.4) is 0 Å². The molecule has 0 heterocycles. The van der Waals surface area contributed by atoms with Crippen LogP contribution in [0.2, 0.25) is 0 Å². The van der Waals surface area contributed by atoms with Gasteiger partial charge in [-0.15, -0.1) is 0 Å². The van der Waals surface area contributed by atoms with Gasteiger partial charge in [0, 0.05) is 0 Å². The maximum atomic E-state index is 14.2. The van der Waals surface area contributed by atoms with Gasteiger partial charge in [-0.3, -0.25) is 0 Å². The first-order chi connectivity index (χ1) is 16.0. The molecular weight excluding hydrogens is 411 g/mol. The Morgan fingerprint density at radius 2 is 1.70 bits per heavy atom. The van der Waals surface area contributed by atoms with Crippen LogP contribution in [0.15, 0.2) is 48.3 Å². The molecule has 1 aliphatic carbocycles. The van der Waals surface area contributed by atoms with Crippen molar-refractivity contribution in [1.82, 2.24) is 0 Å². The number of allylic oxidation sites excluding steroid dienone is 1. The van der Waals surface area contributed by atoms with Gasteiger partial charge in [-0.05, 0) is 84.8 Å². The largest absolute Gasteiger partial charge is 0.478 e. The molecule has 1 N–H and O–H groups in total. The van der Waals surface area contributed by atoms with Crippen molar-refractivity contribution in [3.8, 4) is 11.1 Å². The highest BCUT2D eigenvalue weighted by molar-refractivity contribution is 5.96. The highest BCUT2D eigenvalue weighted by Crippen LogP contribution is 2.39. The molecule has 0 saturated heterocycles. The third-order valence-corrected chi connectivity index (χ3v) is 7.10. The van der Waals surface area contributed by atoms with Gasteiger partial charge in [-0.2, -0.15) is 0 Å². The smallest absolute Gasteiger partial charge is 0.336 e. The minimum atomic E-state index is -0.912. The average Bonchev–Trinajstić information content (AvgIpc) is 2.82. The molecule has 0 aliphatic heterocycles. The maximum absolute atomic E-state index is 14.2. The van der Waals surface area contributed by atoms with E-state index in [1.807, 2.05) is 30.3 Å². The molecular formula is C30H39FO2.